The van der Waals surface area contributed by atoms with E-state index in [0.717, 1.165) is 50.9 Å². The Labute approximate surface area is 185 Å². The molecular weight excluding hydrogens is 384 g/mol. The molecule has 4 nitrogen and oxygen atoms in total. The van der Waals surface area contributed by atoms with Crippen molar-refractivity contribution in [1.29, 1.82) is 0 Å². The zero-order valence-electron chi connectivity index (χ0n) is 18.2. The van der Waals surface area contributed by atoms with Gasteiger partial charge in [-0.05, 0) is 41.7 Å². The number of hydrogen-bond acceptors (Lipinski definition) is 3. The maximum atomic E-state index is 13.4. The normalized spacial score (nSPS) is 28.0. The van der Waals surface area contributed by atoms with Crippen LogP contribution in [0.15, 0.2) is 60.7 Å². The Balaban J connectivity index is 1.18. The van der Waals surface area contributed by atoms with E-state index in [1.807, 2.05) is 30.3 Å². The van der Waals surface area contributed by atoms with E-state index in [1.54, 1.807) is 0 Å². The molecule has 0 bridgehead atoms. The van der Waals surface area contributed by atoms with Gasteiger partial charge in [0.05, 0.1) is 0 Å². The molecule has 1 aliphatic heterocycles. The zero-order chi connectivity index (χ0) is 21.3. The summed E-state index contributed by atoms with van der Waals surface area (Å²) >= 11 is 0. The van der Waals surface area contributed by atoms with E-state index in [2.05, 4.69) is 40.5 Å². The second kappa shape index (κ2) is 8.76. The monoisotopic (exact) mass is 418 g/mol. The Hall–Kier alpha value is -2.17. The number of likely N-dealkylation sites (tertiary alicyclic amines) is 1. The summed E-state index contributed by atoms with van der Waals surface area (Å²) in [7, 11) is 0. The van der Waals surface area contributed by atoms with Crippen molar-refractivity contribution in [2.24, 2.45) is 23.7 Å². The highest BCUT2D eigenvalue weighted by Crippen LogP contribution is 2.51. The van der Waals surface area contributed by atoms with E-state index < -0.39 is 5.60 Å². The molecule has 2 aliphatic carbocycles. The average molecular weight is 419 g/mol. The summed E-state index contributed by atoms with van der Waals surface area (Å²) in [6, 6.07) is 20.2. The Morgan fingerprint density at radius 1 is 0.935 bits per heavy atom. The van der Waals surface area contributed by atoms with Crippen molar-refractivity contribution >= 4 is 5.91 Å². The molecule has 3 fully saturated rings. The lowest BCUT2D eigenvalue weighted by molar-refractivity contribution is -0.149. The van der Waals surface area contributed by atoms with E-state index in [0.29, 0.717) is 24.3 Å². The van der Waals surface area contributed by atoms with Crippen molar-refractivity contribution < 1.29 is 9.90 Å². The van der Waals surface area contributed by atoms with Gasteiger partial charge >= 0.3 is 0 Å². The smallest absolute Gasteiger partial charge is 0.256 e. The van der Waals surface area contributed by atoms with Crippen LogP contribution in [0.3, 0.4) is 0 Å². The molecule has 3 aliphatic rings. The molecule has 3 atom stereocenters. The number of carbonyl (C=O) groups excluding carboxylic acids is 1. The fraction of sp³-hybridized carbons (Fsp3) is 0.519. The quantitative estimate of drug-likeness (QED) is 0.716. The summed E-state index contributed by atoms with van der Waals surface area (Å²) in [6.45, 7) is 3.94. The first-order chi connectivity index (χ1) is 15.2. The molecule has 31 heavy (non-hydrogen) atoms. The van der Waals surface area contributed by atoms with Gasteiger partial charge in [0.2, 0.25) is 0 Å². The highest BCUT2D eigenvalue weighted by molar-refractivity contribution is 5.86. The minimum absolute atomic E-state index is 0.00344. The lowest BCUT2D eigenvalue weighted by atomic mass is 9.73. The average Bonchev–Trinajstić information content (AvgIpc) is 3.29. The van der Waals surface area contributed by atoms with Gasteiger partial charge in [0, 0.05) is 32.1 Å². The van der Waals surface area contributed by atoms with E-state index in [4.69, 9.17) is 0 Å². The minimum atomic E-state index is -1.41. The number of benzene rings is 2. The molecule has 0 aromatic heterocycles. The van der Waals surface area contributed by atoms with Crippen LogP contribution in [-0.2, 0) is 16.9 Å². The minimum Gasteiger partial charge on any atom is -0.375 e. The van der Waals surface area contributed by atoms with Crippen LogP contribution in [-0.4, -0.2) is 35.5 Å². The fourth-order valence-electron chi connectivity index (χ4n) is 6.12. The molecule has 1 saturated heterocycles. The van der Waals surface area contributed by atoms with Crippen LogP contribution in [0.5, 0.6) is 0 Å². The first kappa shape index (κ1) is 20.7. The lowest BCUT2D eigenvalue weighted by Gasteiger charge is -2.37. The number of amides is 1. The summed E-state index contributed by atoms with van der Waals surface area (Å²) in [5.74, 6) is 1.73. The topological polar surface area (TPSA) is 52.6 Å². The van der Waals surface area contributed by atoms with Gasteiger partial charge in [-0.3, -0.25) is 9.69 Å². The van der Waals surface area contributed by atoms with Gasteiger partial charge in [0.25, 0.3) is 5.91 Å². The zero-order valence-corrected chi connectivity index (χ0v) is 18.2. The van der Waals surface area contributed by atoms with Crippen molar-refractivity contribution in [2.45, 2.75) is 44.2 Å². The number of hydrogen-bond donors (Lipinski definition) is 2. The number of fused-ring (bicyclic) bond motifs is 1. The Kier molecular flexibility index (Phi) is 5.85. The molecule has 0 radical (unpaired) electrons. The van der Waals surface area contributed by atoms with Gasteiger partial charge in [-0.15, -0.1) is 0 Å². The molecule has 164 valence electrons. The molecule has 4 heteroatoms. The van der Waals surface area contributed by atoms with Gasteiger partial charge < -0.3 is 10.4 Å². The third kappa shape index (κ3) is 4.16. The van der Waals surface area contributed by atoms with Gasteiger partial charge in [0.1, 0.15) is 0 Å². The number of rotatable bonds is 7. The molecule has 2 saturated carbocycles. The first-order valence-corrected chi connectivity index (χ1v) is 12.0. The SMILES string of the molecule is O=C(NCC1C2CN(Cc3ccccc3)CC12)C(O)(c1ccccc1)C1CCCCC1. The Morgan fingerprint density at radius 2 is 1.55 bits per heavy atom. The standard InChI is InChI=1S/C27H34N2O2/c30-26(27(31,21-12-6-2-7-13-21)22-14-8-3-9-15-22)28-16-23-24-18-29(19-25(23)24)17-20-10-4-1-5-11-20/h1-2,4-7,10-13,22-25,31H,3,8-9,14-19H2,(H,28,30). The molecule has 2 N–H and O–H groups in total. The second-order valence-electron chi connectivity index (χ2n) is 9.85. The van der Waals surface area contributed by atoms with Crippen LogP contribution < -0.4 is 5.32 Å². The lowest BCUT2D eigenvalue weighted by Crippen LogP contribution is -2.50. The van der Waals surface area contributed by atoms with Crippen molar-refractivity contribution in [1.82, 2.24) is 10.2 Å². The van der Waals surface area contributed by atoms with Crippen LogP contribution in [0.25, 0.3) is 0 Å². The van der Waals surface area contributed by atoms with Gasteiger partial charge in [-0.25, -0.2) is 0 Å². The van der Waals surface area contributed by atoms with E-state index in [-0.39, 0.29) is 11.8 Å². The molecular formula is C27H34N2O2. The molecule has 5 rings (SSSR count). The van der Waals surface area contributed by atoms with Crippen LogP contribution >= 0.6 is 0 Å². The van der Waals surface area contributed by atoms with Crippen LogP contribution in [0.2, 0.25) is 0 Å². The number of aliphatic hydroxyl groups is 1. The molecule has 3 unspecified atom stereocenters. The number of piperidine rings is 1. The van der Waals surface area contributed by atoms with Crippen LogP contribution in [0, 0.1) is 23.7 Å². The van der Waals surface area contributed by atoms with E-state index >= 15 is 0 Å². The van der Waals surface area contributed by atoms with Gasteiger partial charge in [-0.1, -0.05) is 79.9 Å². The number of nitrogens with zero attached hydrogens (tertiary/aromatic N) is 1. The number of nitrogens with one attached hydrogen (secondary N) is 1. The highest BCUT2D eigenvalue weighted by Gasteiger charge is 2.55. The third-order valence-corrected chi connectivity index (χ3v) is 7.95. The molecule has 0 spiro atoms. The van der Waals surface area contributed by atoms with Gasteiger partial charge in [0.15, 0.2) is 5.60 Å². The highest BCUT2D eigenvalue weighted by atomic mass is 16.3. The molecule has 1 amide bonds. The molecule has 2 aromatic rings. The maximum absolute atomic E-state index is 13.4. The summed E-state index contributed by atoms with van der Waals surface area (Å²) in [5, 5.41) is 14.9. The summed E-state index contributed by atoms with van der Waals surface area (Å²) in [6.07, 6.45) is 5.23. The maximum Gasteiger partial charge on any atom is 0.256 e. The first-order valence-electron chi connectivity index (χ1n) is 12.0. The van der Waals surface area contributed by atoms with Crippen molar-refractivity contribution in [3.63, 3.8) is 0 Å². The van der Waals surface area contributed by atoms with Crippen LogP contribution in [0.1, 0.15) is 43.2 Å². The molecule has 1 heterocycles. The number of carbonyl (C=O) groups is 1. The Morgan fingerprint density at radius 3 is 2.19 bits per heavy atom. The Bertz CT molecular complexity index is 869. The predicted molar refractivity (Wildman–Crippen MR) is 122 cm³/mol. The van der Waals surface area contributed by atoms with Crippen molar-refractivity contribution in [3.05, 3.63) is 71.8 Å². The van der Waals surface area contributed by atoms with Crippen molar-refractivity contribution in [2.75, 3.05) is 19.6 Å². The molecule has 2 aromatic carbocycles. The summed E-state index contributed by atoms with van der Waals surface area (Å²) in [5.41, 5.74) is 0.698. The van der Waals surface area contributed by atoms with Gasteiger partial charge in [-0.2, -0.15) is 0 Å². The van der Waals surface area contributed by atoms with E-state index in [9.17, 15) is 9.90 Å². The fourth-order valence-corrected chi connectivity index (χ4v) is 6.12. The largest absolute Gasteiger partial charge is 0.375 e. The third-order valence-electron chi connectivity index (χ3n) is 7.95. The second-order valence-corrected chi connectivity index (χ2v) is 9.85. The summed E-state index contributed by atoms with van der Waals surface area (Å²) < 4.78 is 0. The van der Waals surface area contributed by atoms with E-state index in [1.165, 1.54) is 12.0 Å². The summed E-state index contributed by atoms with van der Waals surface area (Å²) in [4.78, 5) is 15.9. The van der Waals surface area contributed by atoms with Crippen molar-refractivity contribution in [3.8, 4) is 0 Å². The predicted octanol–water partition coefficient (Wildman–Crippen LogP) is 3.95. The van der Waals surface area contributed by atoms with Crippen LogP contribution in [0.4, 0.5) is 0 Å².